The Morgan fingerprint density at radius 3 is 2.84 bits per heavy atom. The predicted octanol–water partition coefficient (Wildman–Crippen LogP) is 5.34. The fraction of sp³-hybridized carbons (Fsp3) is 0.556. The molecule has 1 aliphatic carbocycles. The Hall–Kier alpha value is -1.24. The largest absolute Gasteiger partial charge is 0.253 e. The van der Waals surface area contributed by atoms with Crippen molar-refractivity contribution in [2.75, 3.05) is 0 Å². The second kappa shape index (κ2) is 5.81. The van der Waals surface area contributed by atoms with Gasteiger partial charge in [-0.25, -0.2) is 0 Å². The van der Waals surface area contributed by atoms with Crippen molar-refractivity contribution >= 4 is 11.3 Å². The van der Waals surface area contributed by atoms with Crippen LogP contribution in [0.15, 0.2) is 23.9 Å². The molecule has 1 nitrogen and oxygen atoms in total. The molecule has 0 saturated carbocycles. The molecular weight excluding hydrogens is 230 g/mol. The van der Waals surface area contributed by atoms with Crippen molar-refractivity contribution in [3.8, 4) is 0 Å². The average molecular weight is 254 g/mol. The smallest absolute Gasteiger partial charge is 0.0711 e. The fourth-order valence-electron chi connectivity index (χ4n) is 3.42. The third-order valence-electron chi connectivity index (χ3n) is 4.42. The number of benzene rings is 1. The Morgan fingerprint density at radius 1 is 1.05 bits per heavy atom. The number of allylic oxidation sites excluding steroid dienone is 2. The van der Waals surface area contributed by atoms with Crippen molar-refractivity contribution < 1.29 is 0 Å². The molecule has 2 aliphatic rings. The summed E-state index contributed by atoms with van der Waals surface area (Å²) < 4.78 is 0. The van der Waals surface area contributed by atoms with Crippen LogP contribution in [0.4, 0.5) is 5.69 Å². The van der Waals surface area contributed by atoms with Crippen LogP contribution in [0.1, 0.15) is 69.4 Å². The van der Waals surface area contributed by atoms with Gasteiger partial charge in [-0.05, 0) is 49.3 Å². The van der Waals surface area contributed by atoms with Crippen molar-refractivity contribution in [1.82, 2.24) is 5.32 Å². The van der Waals surface area contributed by atoms with Crippen molar-refractivity contribution in [2.45, 2.75) is 64.7 Å². The van der Waals surface area contributed by atoms with E-state index in [2.05, 4.69) is 25.1 Å². The Kier molecular flexibility index (Phi) is 3.91. The van der Waals surface area contributed by atoms with Gasteiger partial charge in [-0.1, -0.05) is 44.7 Å². The molecule has 1 aliphatic heterocycles. The molecule has 3 rings (SSSR count). The van der Waals surface area contributed by atoms with Gasteiger partial charge >= 0.3 is 0 Å². The highest BCUT2D eigenvalue weighted by atomic mass is 14.9. The summed E-state index contributed by atoms with van der Waals surface area (Å²) >= 11 is 0. The molecule has 19 heavy (non-hydrogen) atoms. The van der Waals surface area contributed by atoms with Crippen molar-refractivity contribution in [3.63, 3.8) is 0 Å². The minimum absolute atomic E-state index is 1.19. The zero-order valence-electron chi connectivity index (χ0n) is 12.0. The Labute approximate surface area is 117 Å². The molecule has 0 spiro atoms. The maximum atomic E-state index is 4.81. The van der Waals surface area contributed by atoms with E-state index in [1.807, 2.05) is 0 Å². The number of hydrogen-bond donors (Lipinski definition) is 0. The fourth-order valence-corrected chi connectivity index (χ4v) is 3.42. The van der Waals surface area contributed by atoms with Crippen LogP contribution in [-0.2, 0) is 6.42 Å². The SMILES string of the molecule is CCCCCCCc1cccc2c1C1=C(CCC1)[N]2. The summed E-state index contributed by atoms with van der Waals surface area (Å²) in [4.78, 5) is 0. The number of fused-ring (bicyclic) bond motifs is 2. The van der Waals surface area contributed by atoms with Crippen LogP contribution in [0, 0.1) is 0 Å². The van der Waals surface area contributed by atoms with Gasteiger partial charge in [0.05, 0.1) is 5.69 Å². The van der Waals surface area contributed by atoms with E-state index in [1.165, 1.54) is 74.7 Å². The lowest BCUT2D eigenvalue weighted by atomic mass is 9.95. The van der Waals surface area contributed by atoms with Crippen LogP contribution < -0.4 is 5.32 Å². The zero-order valence-corrected chi connectivity index (χ0v) is 12.0. The maximum Gasteiger partial charge on any atom is 0.0711 e. The minimum Gasteiger partial charge on any atom is -0.253 e. The predicted molar refractivity (Wildman–Crippen MR) is 81.5 cm³/mol. The minimum atomic E-state index is 1.19. The number of nitrogens with zero attached hydrogens (tertiary/aromatic N) is 1. The summed E-state index contributed by atoms with van der Waals surface area (Å²) in [5.74, 6) is 0. The molecule has 0 atom stereocenters. The van der Waals surface area contributed by atoms with Gasteiger partial charge in [0.2, 0.25) is 0 Å². The van der Waals surface area contributed by atoms with E-state index < -0.39 is 0 Å². The molecule has 101 valence electrons. The number of unbranched alkanes of at least 4 members (excludes halogenated alkanes) is 4. The molecule has 1 heteroatoms. The first-order valence-electron chi connectivity index (χ1n) is 7.96. The van der Waals surface area contributed by atoms with Crippen LogP contribution in [0.3, 0.4) is 0 Å². The highest BCUT2D eigenvalue weighted by Gasteiger charge is 2.28. The van der Waals surface area contributed by atoms with Gasteiger partial charge in [0.25, 0.3) is 0 Å². The van der Waals surface area contributed by atoms with Crippen molar-refractivity contribution in [2.24, 2.45) is 0 Å². The summed E-state index contributed by atoms with van der Waals surface area (Å²) in [6.07, 6.45) is 11.8. The van der Waals surface area contributed by atoms with Crippen LogP contribution in [0.2, 0.25) is 0 Å². The van der Waals surface area contributed by atoms with E-state index >= 15 is 0 Å². The molecular formula is C18H24N. The lowest BCUT2D eigenvalue weighted by Gasteiger charge is -2.10. The van der Waals surface area contributed by atoms with Crippen LogP contribution in [0.5, 0.6) is 0 Å². The third-order valence-corrected chi connectivity index (χ3v) is 4.42. The first-order valence-corrected chi connectivity index (χ1v) is 7.96. The Balaban J connectivity index is 1.68. The van der Waals surface area contributed by atoms with Gasteiger partial charge < -0.3 is 0 Å². The van der Waals surface area contributed by atoms with Gasteiger partial charge in [-0.2, -0.15) is 0 Å². The summed E-state index contributed by atoms with van der Waals surface area (Å²) in [6.45, 7) is 2.28. The maximum absolute atomic E-state index is 4.81. The molecule has 0 bridgehead atoms. The third kappa shape index (κ3) is 2.56. The van der Waals surface area contributed by atoms with Gasteiger partial charge in [0, 0.05) is 11.3 Å². The molecule has 0 aromatic heterocycles. The monoisotopic (exact) mass is 254 g/mol. The molecule has 0 saturated heterocycles. The molecule has 1 aromatic rings. The Bertz CT molecular complexity index is 484. The quantitative estimate of drug-likeness (QED) is 0.608. The summed E-state index contributed by atoms with van der Waals surface area (Å²) in [5.41, 5.74) is 7.25. The normalized spacial score (nSPS) is 16.5. The summed E-state index contributed by atoms with van der Waals surface area (Å²) in [5, 5.41) is 4.81. The highest BCUT2D eigenvalue weighted by Crippen LogP contribution is 2.45. The highest BCUT2D eigenvalue weighted by molar-refractivity contribution is 5.85. The lowest BCUT2D eigenvalue weighted by Crippen LogP contribution is -1.95. The van der Waals surface area contributed by atoms with E-state index in [4.69, 9.17) is 5.32 Å². The van der Waals surface area contributed by atoms with E-state index in [1.54, 1.807) is 11.1 Å². The van der Waals surface area contributed by atoms with Gasteiger partial charge in [0.1, 0.15) is 0 Å². The average Bonchev–Trinajstić information content (AvgIpc) is 2.98. The van der Waals surface area contributed by atoms with Crippen LogP contribution in [-0.4, -0.2) is 0 Å². The van der Waals surface area contributed by atoms with E-state index in [9.17, 15) is 0 Å². The second-order valence-electron chi connectivity index (χ2n) is 5.87. The van der Waals surface area contributed by atoms with Gasteiger partial charge in [0.15, 0.2) is 0 Å². The standard InChI is InChI=1S/C18H24N/c1-2-3-4-5-6-9-14-10-7-13-17-18(14)15-11-8-12-16(15)19-17/h7,10,13H,2-6,8-9,11-12H2,1H3. The van der Waals surface area contributed by atoms with Crippen LogP contribution >= 0.6 is 0 Å². The van der Waals surface area contributed by atoms with Crippen molar-refractivity contribution in [1.29, 1.82) is 0 Å². The van der Waals surface area contributed by atoms with Gasteiger partial charge in [-0.3, -0.25) is 5.32 Å². The molecule has 0 amide bonds. The number of rotatable bonds is 6. The zero-order chi connectivity index (χ0) is 13.1. The van der Waals surface area contributed by atoms with E-state index in [0.717, 1.165) is 0 Å². The second-order valence-corrected chi connectivity index (χ2v) is 5.87. The molecule has 1 aromatic carbocycles. The Morgan fingerprint density at radius 2 is 1.95 bits per heavy atom. The summed E-state index contributed by atoms with van der Waals surface area (Å²) in [7, 11) is 0. The first-order chi connectivity index (χ1) is 9.40. The topological polar surface area (TPSA) is 14.1 Å². The van der Waals surface area contributed by atoms with Crippen LogP contribution in [0.25, 0.3) is 5.57 Å². The summed E-state index contributed by atoms with van der Waals surface area (Å²) in [6, 6.07) is 6.70. The number of hydrogen-bond acceptors (Lipinski definition) is 0. The number of aryl methyl sites for hydroxylation is 1. The molecule has 0 fully saturated rings. The first kappa shape index (κ1) is 12.8. The van der Waals surface area contributed by atoms with E-state index in [0.29, 0.717) is 0 Å². The van der Waals surface area contributed by atoms with Crippen molar-refractivity contribution in [3.05, 3.63) is 35.0 Å². The van der Waals surface area contributed by atoms with Gasteiger partial charge in [-0.15, -0.1) is 0 Å². The lowest BCUT2D eigenvalue weighted by molar-refractivity contribution is 0.632. The molecule has 0 unspecified atom stereocenters. The molecule has 1 heterocycles. The van der Waals surface area contributed by atoms with E-state index in [-0.39, 0.29) is 0 Å². The molecule has 1 radical (unpaired) electrons. The molecule has 0 N–H and O–H groups in total.